The second kappa shape index (κ2) is 4.62. The van der Waals surface area contributed by atoms with Crippen LogP contribution >= 0.6 is 15.9 Å². The van der Waals surface area contributed by atoms with Crippen LogP contribution in [-0.4, -0.2) is 12.6 Å². The van der Waals surface area contributed by atoms with Gasteiger partial charge in [0.05, 0.1) is 7.11 Å². The number of halogens is 1. The van der Waals surface area contributed by atoms with Gasteiger partial charge in [0.15, 0.2) is 0 Å². The first-order valence-electron chi connectivity index (χ1n) is 6.10. The molecule has 3 heteroatoms. The lowest BCUT2D eigenvalue weighted by molar-refractivity contribution is 0.406. The number of hydrogen-bond acceptors (Lipinski definition) is 2. The minimum atomic E-state index is 0.0454. The van der Waals surface area contributed by atoms with Crippen LogP contribution in [0.4, 0.5) is 0 Å². The molecule has 0 aliphatic heterocycles. The van der Waals surface area contributed by atoms with Crippen LogP contribution in [-0.2, 0) is 6.42 Å². The Bertz CT molecular complexity index is 424. The first kappa shape index (κ1) is 12.9. The van der Waals surface area contributed by atoms with Crippen LogP contribution in [0.3, 0.4) is 0 Å². The van der Waals surface area contributed by atoms with Crippen molar-refractivity contribution >= 4 is 15.9 Å². The summed E-state index contributed by atoms with van der Waals surface area (Å²) in [7, 11) is 1.73. The highest BCUT2D eigenvalue weighted by Crippen LogP contribution is 2.39. The van der Waals surface area contributed by atoms with E-state index in [0.717, 1.165) is 29.5 Å². The van der Waals surface area contributed by atoms with Crippen molar-refractivity contribution in [1.82, 2.24) is 0 Å². The molecule has 0 amide bonds. The molecule has 2 rings (SSSR count). The Labute approximate surface area is 112 Å². The maximum atomic E-state index is 6.16. The molecule has 94 valence electrons. The van der Waals surface area contributed by atoms with E-state index in [-0.39, 0.29) is 5.54 Å². The van der Waals surface area contributed by atoms with Gasteiger partial charge in [-0.15, -0.1) is 0 Å². The van der Waals surface area contributed by atoms with E-state index in [4.69, 9.17) is 10.5 Å². The van der Waals surface area contributed by atoms with Gasteiger partial charge in [0.1, 0.15) is 5.75 Å². The van der Waals surface area contributed by atoms with Gasteiger partial charge in [-0.05, 0) is 42.9 Å². The van der Waals surface area contributed by atoms with E-state index in [1.807, 2.05) is 0 Å². The van der Waals surface area contributed by atoms with Gasteiger partial charge in [-0.3, -0.25) is 0 Å². The van der Waals surface area contributed by atoms with E-state index >= 15 is 0 Å². The van der Waals surface area contributed by atoms with Crippen molar-refractivity contribution in [2.75, 3.05) is 7.11 Å². The van der Waals surface area contributed by atoms with E-state index in [1.165, 1.54) is 11.1 Å². The van der Waals surface area contributed by atoms with Crippen molar-refractivity contribution in [1.29, 1.82) is 0 Å². The van der Waals surface area contributed by atoms with Gasteiger partial charge in [-0.25, -0.2) is 0 Å². The Morgan fingerprint density at radius 1 is 1.41 bits per heavy atom. The summed E-state index contributed by atoms with van der Waals surface area (Å²) in [5, 5.41) is 0. The monoisotopic (exact) mass is 297 g/mol. The molecular formula is C14H20BrNO. The quantitative estimate of drug-likeness (QED) is 0.921. The summed E-state index contributed by atoms with van der Waals surface area (Å²) < 4.78 is 6.62. The zero-order valence-electron chi connectivity index (χ0n) is 10.7. The van der Waals surface area contributed by atoms with E-state index in [9.17, 15) is 0 Å². The van der Waals surface area contributed by atoms with Crippen LogP contribution in [0.15, 0.2) is 16.6 Å². The summed E-state index contributed by atoms with van der Waals surface area (Å²) in [5.41, 5.74) is 8.70. The van der Waals surface area contributed by atoms with E-state index in [0.29, 0.717) is 5.92 Å². The van der Waals surface area contributed by atoms with Gasteiger partial charge < -0.3 is 10.5 Å². The molecule has 2 N–H and O–H groups in total. The Balaban J connectivity index is 2.34. The van der Waals surface area contributed by atoms with Gasteiger partial charge in [-0.1, -0.05) is 29.8 Å². The minimum Gasteiger partial charge on any atom is -0.496 e. The molecule has 1 aliphatic carbocycles. The summed E-state index contributed by atoms with van der Waals surface area (Å²) in [6.45, 7) is 4.35. The van der Waals surface area contributed by atoms with Crippen LogP contribution in [0.25, 0.3) is 0 Å². The van der Waals surface area contributed by atoms with Crippen molar-refractivity contribution in [3.05, 3.63) is 27.7 Å². The standard InChI is InChI=1S/C14H20BrNO/c1-9(2)13-11(15)6-10(7-12(13)17-3)8-14(16)4-5-14/h6-7,9H,4-5,8,16H2,1-3H3. The summed E-state index contributed by atoms with van der Waals surface area (Å²) in [5.74, 6) is 1.41. The fourth-order valence-corrected chi connectivity index (χ4v) is 3.17. The molecule has 1 fully saturated rings. The number of benzene rings is 1. The number of nitrogens with two attached hydrogens (primary N) is 1. The summed E-state index contributed by atoms with van der Waals surface area (Å²) in [4.78, 5) is 0. The molecule has 1 aromatic rings. The Kier molecular flexibility index (Phi) is 3.50. The molecule has 1 saturated carbocycles. The van der Waals surface area contributed by atoms with Crippen LogP contribution in [0.2, 0.25) is 0 Å². The summed E-state index contributed by atoms with van der Waals surface area (Å²) >= 11 is 3.65. The predicted molar refractivity (Wildman–Crippen MR) is 74.6 cm³/mol. The van der Waals surface area contributed by atoms with E-state index in [1.54, 1.807) is 7.11 Å². The van der Waals surface area contributed by atoms with Crippen LogP contribution < -0.4 is 10.5 Å². The highest BCUT2D eigenvalue weighted by atomic mass is 79.9. The Morgan fingerprint density at radius 3 is 2.53 bits per heavy atom. The fourth-order valence-electron chi connectivity index (χ4n) is 2.22. The molecule has 0 spiro atoms. The maximum Gasteiger partial charge on any atom is 0.123 e. The molecule has 0 atom stereocenters. The first-order valence-corrected chi connectivity index (χ1v) is 6.90. The topological polar surface area (TPSA) is 35.2 Å². The normalized spacial score (nSPS) is 17.3. The molecule has 1 aliphatic rings. The van der Waals surface area contributed by atoms with Crippen molar-refractivity contribution in [2.45, 2.75) is 44.6 Å². The van der Waals surface area contributed by atoms with Gasteiger partial charge in [0.2, 0.25) is 0 Å². The minimum absolute atomic E-state index is 0.0454. The molecule has 0 radical (unpaired) electrons. The van der Waals surface area contributed by atoms with Crippen LogP contribution in [0.1, 0.15) is 43.7 Å². The molecule has 0 aromatic heterocycles. The second-order valence-corrected chi connectivity index (χ2v) is 6.24. The highest BCUT2D eigenvalue weighted by Gasteiger charge is 2.38. The highest BCUT2D eigenvalue weighted by molar-refractivity contribution is 9.10. The zero-order valence-corrected chi connectivity index (χ0v) is 12.3. The molecule has 2 nitrogen and oxygen atoms in total. The Morgan fingerprint density at radius 2 is 2.06 bits per heavy atom. The number of hydrogen-bond donors (Lipinski definition) is 1. The van der Waals surface area contributed by atoms with Gasteiger partial charge in [0.25, 0.3) is 0 Å². The molecule has 0 saturated heterocycles. The third-order valence-corrected chi connectivity index (χ3v) is 4.05. The largest absolute Gasteiger partial charge is 0.496 e. The SMILES string of the molecule is COc1cc(CC2(N)CC2)cc(Br)c1C(C)C. The number of methoxy groups -OCH3 is 1. The Hall–Kier alpha value is -0.540. The van der Waals surface area contributed by atoms with Gasteiger partial charge in [-0.2, -0.15) is 0 Å². The van der Waals surface area contributed by atoms with Crippen molar-refractivity contribution in [3.63, 3.8) is 0 Å². The smallest absolute Gasteiger partial charge is 0.123 e. The number of ether oxygens (including phenoxy) is 1. The average Bonchev–Trinajstić information content (AvgIpc) is 2.94. The second-order valence-electron chi connectivity index (χ2n) is 5.39. The van der Waals surface area contributed by atoms with Crippen LogP contribution in [0.5, 0.6) is 5.75 Å². The molecule has 0 bridgehead atoms. The first-order chi connectivity index (χ1) is 7.95. The maximum absolute atomic E-state index is 6.16. The third kappa shape index (κ3) is 2.83. The van der Waals surface area contributed by atoms with Gasteiger partial charge >= 0.3 is 0 Å². The van der Waals surface area contributed by atoms with E-state index in [2.05, 4.69) is 41.9 Å². The van der Waals surface area contributed by atoms with Crippen LogP contribution in [0, 0.1) is 0 Å². The van der Waals surface area contributed by atoms with Crippen molar-refractivity contribution < 1.29 is 4.74 Å². The number of rotatable bonds is 4. The summed E-state index contributed by atoms with van der Waals surface area (Å²) in [6, 6.07) is 4.32. The molecule has 0 unspecified atom stereocenters. The zero-order chi connectivity index (χ0) is 12.6. The lowest BCUT2D eigenvalue weighted by Crippen LogP contribution is -2.24. The molecule has 0 heterocycles. The summed E-state index contributed by atoms with van der Waals surface area (Å²) in [6.07, 6.45) is 3.22. The molecule has 1 aromatic carbocycles. The predicted octanol–water partition coefficient (Wildman–Crippen LogP) is 3.61. The third-order valence-electron chi connectivity index (χ3n) is 3.40. The fraction of sp³-hybridized carbons (Fsp3) is 0.571. The molecule has 17 heavy (non-hydrogen) atoms. The van der Waals surface area contributed by atoms with E-state index < -0.39 is 0 Å². The lowest BCUT2D eigenvalue weighted by Gasteiger charge is -2.17. The van der Waals surface area contributed by atoms with Crippen molar-refractivity contribution in [2.24, 2.45) is 5.73 Å². The average molecular weight is 298 g/mol. The molecular weight excluding hydrogens is 278 g/mol. The van der Waals surface area contributed by atoms with Gasteiger partial charge in [0, 0.05) is 15.6 Å². The lowest BCUT2D eigenvalue weighted by atomic mass is 9.97. The van der Waals surface area contributed by atoms with Crippen molar-refractivity contribution in [3.8, 4) is 5.75 Å².